The summed E-state index contributed by atoms with van der Waals surface area (Å²) in [7, 11) is 5.00. The zero-order chi connectivity index (χ0) is 37.8. The minimum atomic E-state index is -2.95. The molecule has 7 rings (SSSR count). The van der Waals surface area contributed by atoms with E-state index >= 15 is 8.63 Å². The summed E-state index contributed by atoms with van der Waals surface area (Å²) in [6.07, 6.45) is 1.99. The molecule has 0 fully saturated rings. The summed E-state index contributed by atoms with van der Waals surface area (Å²) in [5.41, 5.74) is 7.02. The number of benzene rings is 5. The Morgan fingerprint density at radius 2 is 1.04 bits per heavy atom. The van der Waals surface area contributed by atoms with Crippen LogP contribution in [0.15, 0.2) is 144 Å². The molecule has 1 aliphatic rings. The Hall–Kier alpha value is -6.55. The number of halogens is 2. The third-order valence-electron chi connectivity index (χ3n) is 9.42. The van der Waals surface area contributed by atoms with Gasteiger partial charge in [0.15, 0.2) is 0 Å². The maximum atomic E-state index is 16.0. The molecule has 5 aromatic carbocycles. The van der Waals surface area contributed by atoms with Gasteiger partial charge in [0, 0.05) is 33.5 Å². The van der Waals surface area contributed by atoms with Crippen LogP contribution in [0.4, 0.5) is 8.63 Å². The molecule has 6 aromatic rings. The van der Waals surface area contributed by atoms with Crippen LogP contribution in [0.1, 0.15) is 22.4 Å². The Kier molecular flexibility index (Phi) is 10.3. The zero-order valence-corrected chi connectivity index (χ0v) is 30.5. The van der Waals surface area contributed by atoms with E-state index in [0.29, 0.717) is 73.7 Å². The Morgan fingerprint density at radius 1 is 0.556 bits per heavy atom. The van der Waals surface area contributed by atoms with Crippen molar-refractivity contribution >= 4 is 24.3 Å². The lowest BCUT2D eigenvalue weighted by molar-refractivity contribution is 0.413. The molecule has 1 aromatic heterocycles. The number of aromatic nitrogens is 1. The van der Waals surface area contributed by atoms with Crippen molar-refractivity contribution in [2.45, 2.75) is 0 Å². The largest absolute Gasteiger partial charge is 0.678 e. The smallest absolute Gasteiger partial charge is 0.497 e. The van der Waals surface area contributed by atoms with Crippen molar-refractivity contribution in [3.05, 3.63) is 162 Å². The minimum Gasteiger partial charge on any atom is -0.497 e. The van der Waals surface area contributed by atoms with Crippen LogP contribution < -0.4 is 23.7 Å². The van der Waals surface area contributed by atoms with Crippen molar-refractivity contribution < 1.29 is 32.3 Å². The zero-order valence-electron chi connectivity index (χ0n) is 30.5. The highest BCUT2D eigenvalue weighted by atomic mass is 19.2. The third-order valence-corrected chi connectivity index (χ3v) is 9.42. The molecule has 0 saturated carbocycles. The number of allylic oxidation sites excluding steroid dienone is 2. The van der Waals surface area contributed by atoms with E-state index in [2.05, 4.69) is 0 Å². The predicted molar refractivity (Wildman–Crippen MR) is 211 cm³/mol. The van der Waals surface area contributed by atoms with Gasteiger partial charge in [0.1, 0.15) is 28.7 Å². The molecule has 54 heavy (non-hydrogen) atoms. The summed E-state index contributed by atoms with van der Waals surface area (Å²) in [6.45, 7) is 0. The van der Waals surface area contributed by atoms with Gasteiger partial charge in [-0.1, -0.05) is 42.5 Å². The van der Waals surface area contributed by atoms with Crippen molar-refractivity contribution in [3.8, 4) is 51.1 Å². The van der Waals surface area contributed by atoms with Crippen LogP contribution in [0, 0.1) is 0 Å². The second kappa shape index (κ2) is 15.6. The van der Waals surface area contributed by atoms with Gasteiger partial charge < -0.3 is 28.2 Å². The molecule has 270 valence electrons. The number of nitrogens with zero attached hydrogens (tertiary/aromatic N) is 2. The van der Waals surface area contributed by atoms with E-state index < -0.39 is 7.40 Å². The summed E-state index contributed by atoms with van der Waals surface area (Å²) in [5.74, 6) is 3.13. The average molecular weight is 723 g/mol. The van der Waals surface area contributed by atoms with Crippen LogP contribution >= 0.6 is 0 Å². The molecule has 0 spiro atoms. The Balaban J connectivity index is 1.63. The second-order valence-electron chi connectivity index (χ2n) is 12.3. The molecular weight excluding hydrogens is 685 g/mol. The first-order valence-electron chi connectivity index (χ1n) is 17.2. The lowest BCUT2D eigenvalue weighted by atomic mass is 9.89. The Bertz CT molecular complexity index is 2370. The lowest BCUT2D eigenvalue weighted by Crippen LogP contribution is -2.18. The number of hydrogen-bond acceptors (Lipinski definition) is 6. The van der Waals surface area contributed by atoms with Crippen LogP contribution in [0.25, 0.3) is 33.5 Å². The second-order valence-corrected chi connectivity index (χ2v) is 12.3. The molecule has 10 heteroatoms. The van der Waals surface area contributed by atoms with E-state index in [-0.39, 0.29) is 5.69 Å². The summed E-state index contributed by atoms with van der Waals surface area (Å²) in [5, 5.41) is 0. The molecule has 7 nitrogen and oxygen atoms in total. The molecule has 0 N–H and O–H groups in total. The van der Waals surface area contributed by atoms with Crippen LogP contribution in [0.2, 0.25) is 0 Å². The van der Waals surface area contributed by atoms with Crippen LogP contribution in [-0.2, 0) is 0 Å². The number of rotatable bonds is 12. The maximum Gasteiger partial charge on any atom is 0.678 e. The molecule has 0 atom stereocenters. The van der Waals surface area contributed by atoms with Gasteiger partial charge in [-0.15, -0.1) is 0 Å². The van der Waals surface area contributed by atoms with E-state index in [0.717, 1.165) is 21.2 Å². The third kappa shape index (κ3) is 6.86. The van der Waals surface area contributed by atoms with Gasteiger partial charge in [0.25, 0.3) is 0 Å². The maximum absolute atomic E-state index is 16.0. The highest BCUT2D eigenvalue weighted by Gasteiger charge is 2.34. The van der Waals surface area contributed by atoms with Crippen LogP contribution in [0.3, 0.4) is 0 Å². The van der Waals surface area contributed by atoms with Crippen LogP contribution in [-0.4, -0.2) is 53.1 Å². The number of para-hydroxylation sites is 1. The first-order chi connectivity index (χ1) is 26.4. The molecule has 1 aliphatic heterocycles. The van der Waals surface area contributed by atoms with E-state index in [4.69, 9.17) is 28.7 Å². The first-order valence-corrected chi connectivity index (χ1v) is 17.2. The fourth-order valence-corrected chi connectivity index (χ4v) is 6.68. The van der Waals surface area contributed by atoms with E-state index in [1.54, 1.807) is 65.9 Å². The molecule has 0 bridgehead atoms. The molecular formula is C44H37BF2N2O5. The quantitative estimate of drug-likeness (QED) is 0.118. The number of ether oxygens (including phenoxy) is 5. The molecule has 0 unspecified atom stereocenters. The summed E-state index contributed by atoms with van der Waals surface area (Å²) >= 11 is 0. The van der Waals surface area contributed by atoms with Crippen molar-refractivity contribution in [2.75, 3.05) is 35.5 Å². The fraction of sp³-hybridized carbons (Fsp3) is 0.114. The molecule has 0 amide bonds. The summed E-state index contributed by atoms with van der Waals surface area (Å²) in [4.78, 5) is 5.29. The van der Waals surface area contributed by atoms with Gasteiger partial charge in [0.2, 0.25) is 0 Å². The number of hydrogen-bond donors (Lipinski definition) is 0. The molecule has 2 heterocycles. The Morgan fingerprint density at radius 3 is 1.54 bits per heavy atom. The minimum absolute atomic E-state index is 0.264. The van der Waals surface area contributed by atoms with Crippen molar-refractivity contribution in [2.24, 2.45) is 4.99 Å². The number of methoxy groups -OCH3 is 5. The Labute approximate surface area is 313 Å². The molecule has 0 aliphatic carbocycles. The topological polar surface area (TPSA) is 63.4 Å². The first kappa shape index (κ1) is 35.8. The van der Waals surface area contributed by atoms with Crippen molar-refractivity contribution in [1.82, 2.24) is 4.48 Å². The monoisotopic (exact) mass is 722 g/mol. The van der Waals surface area contributed by atoms with Gasteiger partial charge in [-0.05, 0) is 108 Å². The fourth-order valence-electron chi connectivity index (χ4n) is 6.68. The average Bonchev–Trinajstić information content (AvgIpc) is 3.85. The van der Waals surface area contributed by atoms with Gasteiger partial charge in [-0.2, -0.15) is 0 Å². The van der Waals surface area contributed by atoms with Crippen molar-refractivity contribution in [3.63, 3.8) is 0 Å². The van der Waals surface area contributed by atoms with Gasteiger partial charge >= 0.3 is 7.40 Å². The molecule has 0 saturated heterocycles. The van der Waals surface area contributed by atoms with E-state index in [1.807, 2.05) is 103 Å². The SMILES string of the molecule is COc1ccc(C2=CC(c3ccc(OC)cc3)=NC2=C(c2ccccc2OC)c2c(-c3ccc(OC)cc3)cc(-c3ccc(OC)cc3)n2B(F)F)cc1. The van der Waals surface area contributed by atoms with E-state index in [1.165, 1.54) is 0 Å². The van der Waals surface area contributed by atoms with Gasteiger partial charge in [-0.25, -0.2) is 4.99 Å². The standard InChI is InChI=1S/C44H37BF2N2O5/c1-50-32-18-10-28(11-19-32)37-26-39(30-14-22-34(52-3)23-15-30)48-43(37)42(36-8-6-7-9-41(36)54-5)44-38(29-12-20-33(51-2)21-13-29)27-40(49(44)45(46)47)31-16-24-35(53-4)25-17-31/h6-27H,1-5H3. The number of aliphatic imine (C=N–C) groups is 1. The van der Waals surface area contributed by atoms with Crippen molar-refractivity contribution in [1.29, 1.82) is 0 Å². The highest BCUT2D eigenvalue weighted by Crippen LogP contribution is 2.47. The lowest BCUT2D eigenvalue weighted by Gasteiger charge is -2.21. The highest BCUT2D eigenvalue weighted by molar-refractivity contribution is 6.42. The predicted octanol–water partition coefficient (Wildman–Crippen LogP) is 9.98. The van der Waals surface area contributed by atoms with Gasteiger partial charge in [0.05, 0.1) is 52.7 Å². The normalized spacial score (nSPS) is 13.2. The van der Waals surface area contributed by atoms with E-state index in [9.17, 15) is 0 Å². The van der Waals surface area contributed by atoms with Crippen LogP contribution in [0.5, 0.6) is 28.7 Å². The van der Waals surface area contributed by atoms with Gasteiger partial charge in [-0.3, -0.25) is 8.63 Å². The molecule has 0 radical (unpaired) electrons. The summed E-state index contributed by atoms with van der Waals surface area (Å²) in [6, 6.07) is 38.9. The summed E-state index contributed by atoms with van der Waals surface area (Å²) < 4.78 is 60.8.